The maximum absolute atomic E-state index is 14.0. The van der Waals surface area contributed by atoms with Crippen LogP contribution in [0, 0.1) is 5.82 Å². The molecule has 2 aromatic carbocycles. The van der Waals surface area contributed by atoms with Crippen molar-refractivity contribution in [1.29, 1.82) is 0 Å². The van der Waals surface area contributed by atoms with Crippen LogP contribution < -0.4 is 20.1 Å². The zero-order valence-corrected chi connectivity index (χ0v) is 16.4. The van der Waals surface area contributed by atoms with Gasteiger partial charge < -0.3 is 20.1 Å². The van der Waals surface area contributed by atoms with Crippen LogP contribution in [-0.4, -0.2) is 23.2 Å². The quantitative estimate of drug-likeness (QED) is 0.369. The number of ketones is 1. The number of Topliss-reactive ketones (excluding diaryl/α,β-unsaturated/α-hetero) is 1. The van der Waals surface area contributed by atoms with Gasteiger partial charge in [-0.3, -0.25) is 4.79 Å². The van der Waals surface area contributed by atoms with Crippen LogP contribution in [0.2, 0.25) is 0 Å². The molecule has 1 aromatic heterocycles. The summed E-state index contributed by atoms with van der Waals surface area (Å²) in [6.45, 7) is 1.18. The normalized spacial score (nSPS) is 10.9. The molecule has 0 unspecified atom stereocenters. The Bertz CT molecular complexity index is 1130. The molecule has 0 radical (unpaired) electrons. The number of alkyl halides is 3. The molecule has 32 heavy (non-hydrogen) atoms. The second-order valence-electron chi connectivity index (χ2n) is 6.28. The predicted octanol–water partition coefficient (Wildman–Crippen LogP) is 5.76. The summed E-state index contributed by atoms with van der Waals surface area (Å²) >= 11 is 0. The van der Waals surface area contributed by atoms with Crippen molar-refractivity contribution >= 4 is 23.2 Å². The topological polar surface area (TPSA) is 89.5 Å². The standard InChI is InChI=1S/C21H15F4N3O4/c1-12(29)18-15(22)4-2-6-17(18)31-19-16(5-3-11-26-19)28-20(30)27-13-7-9-14(10-8-13)32-21(23,24)25/h2-11H,1H3,(H2,27,28,30). The van der Waals surface area contributed by atoms with Crippen molar-refractivity contribution in [2.75, 3.05) is 10.6 Å². The van der Waals surface area contributed by atoms with Gasteiger partial charge in [0.05, 0.1) is 5.56 Å². The minimum Gasteiger partial charge on any atom is -0.436 e. The van der Waals surface area contributed by atoms with Crippen molar-refractivity contribution in [3.63, 3.8) is 0 Å². The average Bonchev–Trinajstić information content (AvgIpc) is 2.69. The number of rotatable bonds is 6. The smallest absolute Gasteiger partial charge is 0.436 e. The van der Waals surface area contributed by atoms with Gasteiger partial charge in [0.15, 0.2) is 5.78 Å². The van der Waals surface area contributed by atoms with E-state index in [1.165, 1.54) is 49.5 Å². The summed E-state index contributed by atoms with van der Waals surface area (Å²) in [5.41, 5.74) is 0.0166. The largest absolute Gasteiger partial charge is 0.573 e. The molecule has 2 amide bonds. The van der Waals surface area contributed by atoms with Crippen molar-refractivity contribution < 1.29 is 36.6 Å². The molecular formula is C21H15F4N3O4. The number of carbonyl (C=O) groups is 2. The molecule has 2 N–H and O–H groups in total. The Kier molecular flexibility index (Phi) is 6.57. The molecule has 7 nitrogen and oxygen atoms in total. The molecule has 11 heteroatoms. The first-order chi connectivity index (χ1) is 15.1. The van der Waals surface area contributed by atoms with E-state index in [0.29, 0.717) is 0 Å². The number of pyridine rings is 1. The monoisotopic (exact) mass is 449 g/mol. The van der Waals surface area contributed by atoms with E-state index in [-0.39, 0.29) is 28.6 Å². The Morgan fingerprint density at radius 3 is 2.34 bits per heavy atom. The highest BCUT2D eigenvalue weighted by Crippen LogP contribution is 2.31. The zero-order valence-electron chi connectivity index (χ0n) is 16.4. The number of halogens is 4. The van der Waals surface area contributed by atoms with E-state index in [0.717, 1.165) is 18.2 Å². The van der Waals surface area contributed by atoms with Crippen LogP contribution in [0.25, 0.3) is 0 Å². The lowest BCUT2D eigenvalue weighted by molar-refractivity contribution is -0.274. The van der Waals surface area contributed by atoms with E-state index >= 15 is 0 Å². The number of nitrogens with zero attached hydrogens (tertiary/aromatic N) is 1. The summed E-state index contributed by atoms with van der Waals surface area (Å²) in [5, 5.41) is 4.89. The van der Waals surface area contributed by atoms with Gasteiger partial charge in [0.2, 0.25) is 5.88 Å². The number of benzene rings is 2. The molecule has 0 atom stereocenters. The van der Waals surface area contributed by atoms with E-state index in [4.69, 9.17) is 4.74 Å². The van der Waals surface area contributed by atoms with Gasteiger partial charge in [-0.1, -0.05) is 6.07 Å². The van der Waals surface area contributed by atoms with Crippen LogP contribution in [0.5, 0.6) is 17.4 Å². The lowest BCUT2D eigenvalue weighted by atomic mass is 10.1. The molecule has 0 spiro atoms. The van der Waals surface area contributed by atoms with Crippen molar-refractivity contribution in [3.8, 4) is 17.4 Å². The third-order valence-corrected chi connectivity index (χ3v) is 3.90. The minimum absolute atomic E-state index is 0.0834. The van der Waals surface area contributed by atoms with Gasteiger partial charge in [0.1, 0.15) is 23.0 Å². The molecular weight excluding hydrogens is 434 g/mol. The third-order valence-electron chi connectivity index (χ3n) is 3.90. The van der Waals surface area contributed by atoms with Crippen LogP contribution in [0.4, 0.5) is 33.7 Å². The van der Waals surface area contributed by atoms with E-state index < -0.39 is 29.7 Å². The predicted molar refractivity (Wildman–Crippen MR) is 106 cm³/mol. The lowest BCUT2D eigenvalue weighted by Gasteiger charge is -2.14. The summed E-state index contributed by atoms with van der Waals surface area (Å²) in [7, 11) is 0. The first-order valence-electron chi connectivity index (χ1n) is 8.98. The summed E-state index contributed by atoms with van der Waals surface area (Å²) in [4.78, 5) is 28.0. The Morgan fingerprint density at radius 2 is 1.69 bits per heavy atom. The second kappa shape index (κ2) is 9.33. The maximum Gasteiger partial charge on any atom is 0.573 e. The van der Waals surface area contributed by atoms with Gasteiger partial charge in [-0.2, -0.15) is 0 Å². The second-order valence-corrected chi connectivity index (χ2v) is 6.28. The number of aromatic nitrogens is 1. The number of nitrogens with one attached hydrogen (secondary N) is 2. The number of amides is 2. The fourth-order valence-corrected chi connectivity index (χ4v) is 2.63. The first kappa shape index (κ1) is 22.5. The maximum atomic E-state index is 14.0. The van der Waals surface area contributed by atoms with Gasteiger partial charge in [-0.25, -0.2) is 14.2 Å². The number of anilines is 2. The Balaban J connectivity index is 1.72. The fraction of sp³-hybridized carbons (Fsp3) is 0.0952. The molecule has 0 bridgehead atoms. The van der Waals surface area contributed by atoms with Crippen molar-refractivity contribution in [3.05, 3.63) is 72.2 Å². The molecule has 0 aliphatic heterocycles. The fourth-order valence-electron chi connectivity index (χ4n) is 2.63. The third kappa shape index (κ3) is 5.94. The number of carbonyl (C=O) groups excluding carboxylic acids is 2. The molecule has 0 aliphatic carbocycles. The summed E-state index contributed by atoms with van der Waals surface area (Å²) in [5.74, 6) is -1.96. The Hall–Kier alpha value is -4.15. The van der Waals surface area contributed by atoms with E-state index in [9.17, 15) is 27.2 Å². The molecule has 0 fully saturated rings. The Labute approximate surface area is 179 Å². The lowest BCUT2D eigenvalue weighted by Crippen LogP contribution is -2.20. The van der Waals surface area contributed by atoms with Gasteiger partial charge in [-0.05, 0) is 55.5 Å². The first-order valence-corrected chi connectivity index (χ1v) is 8.98. The van der Waals surface area contributed by atoms with E-state index in [1.54, 1.807) is 0 Å². The molecule has 1 heterocycles. The molecule has 3 aromatic rings. The van der Waals surface area contributed by atoms with Crippen LogP contribution in [0.1, 0.15) is 17.3 Å². The summed E-state index contributed by atoms with van der Waals surface area (Å²) in [6.07, 6.45) is -3.46. The Morgan fingerprint density at radius 1 is 0.969 bits per heavy atom. The van der Waals surface area contributed by atoms with Gasteiger partial charge in [0, 0.05) is 11.9 Å². The van der Waals surface area contributed by atoms with Crippen LogP contribution in [0.3, 0.4) is 0 Å². The summed E-state index contributed by atoms with van der Waals surface area (Å²) < 4.78 is 60.0. The van der Waals surface area contributed by atoms with Crippen LogP contribution in [0.15, 0.2) is 60.8 Å². The highest BCUT2D eigenvalue weighted by Gasteiger charge is 2.31. The minimum atomic E-state index is -4.83. The summed E-state index contributed by atoms with van der Waals surface area (Å²) in [6, 6.07) is 10.6. The highest BCUT2D eigenvalue weighted by molar-refractivity contribution is 6.00. The van der Waals surface area contributed by atoms with Gasteiger partial charge in [-0.15, -0.1) is 13.2 Å². The molecule has 166 valence electrons. The number of urea groups is 1. The van der Waals surface area contributed by atoms with Crippen LogP contribution >= 0.6 is 0 Å². The molecule has 0 aliphatic rings. The van der Waals surface area contributed by atoms with E-state index in [2.05, 4.69) is 20.4 Å². The number of hydrogen-bond acceptors (Lipinski definition) is 5. The van der Waals surface area contributed by atoms with Gasteiger partial charge in [0.25, 0.3) is 0 Å². The van der Waals surface area contributed by atoms with Crippen LogP contribution in [-0.2, 0) is 0 Å². The van der Waals surface area contributed by atoms with Crippen molar-refractivity contribution in [2.45, 2.75) is 13.3 Å². The number of ether oxygens (including phenoxy) is 2. The zero-order chi connectivity index (χ0) is 23.3. The molecule has 0 saturated carbocycles. The van der Waals surface area contributed by atoms with Crippen molar-refractivity contribution in [2.24, 2.45) is 0 Å². The SMILES string of the molecule is CC(=O)c1c(F)cccc1Oc1ncccc1NC(=O)Nc1ccc(OC(F)(F)F)cc1. The average molecular weight is 449 g/mol. The van der Waals surface area contributed by atoms with Gasteiger partial charge >= 0.3 is 12.4 Å². The number of hydrogen-bond donors (Lipinski definition) is 2. The molecule has 3 rings (SSSR count). The molecule has 0 saturated heterocycles. The van der Waals surface area contributed by atoms with E-state index in [1.807, 2.05) is 0 Å². The van der Waals surface area contributed by atoms with Crippen molar-refractivity contribution in [1.82, 2.24) is 4.98 Å². The highest BCUT2D eigenvalue weighted by atomic mass is 19.4.